The highest BCUT2D eigenvalue weighted by molar-refractivity contribution is 7.99. The average molecular weight is 333 g/mol. The number of hydrogen-bond acceptors (Lipinski definition) is 3. The van der Waals surface area contributed by atoms with Gasteiger partial charge in [0.05, 0.1) is 12.0 Å². The molecule has 1 aliphatic carbocycles. The topological polar surface area (TPSA) is 40.5 Å². The first-order valence-electron chi connectivity index (χ1n) is 8.83. The Kier molecular flexibility index (Phi) is 5.65. The smallest absolute Gasteiger partial charge is 0.225 e. The number of rotatable bonds is 5. The van der Waals surface area contributed by atoms with Crippen LogP contribution in [0.5, 0.6) is 0 Å². The van der Waals surface area contributed by atoms with Gasteiger partial charge in [0, 0.05) is 23.7 Å². The third-order valence-electron chi connectivity index (χ3n) is 5.13. The van der Waals surface area contributed by atoms with Gasteiger partial charge >= 0.3 is 0 Å². The SMILES string of the molecule is O=C(CC1(O)CCCCC1)N1CCC(CSc2ccccc2)C1. The molecule has 1 saturated heterocycles. The molecule has 1 aliphatic heterocycles. The highest BCUT2D eigenvalue weighted by Crippen LogP contribution is 2.32. The molecule has 0 spiro atoms. The quantitative estimate of drug-likeness (QED) is 0.835. The Balaban J connectivity index is 1.44. The van der Waals surface area contributed by atoms with Crippen LogP contribution in [-0.4, -0.2) is 40.4 Å². The number of aliphatic hydroxyl groups is 1. The van der Waals surface area contributed by atoms with Crippen LogP contribution in [0.2, 0.25) is 0 Å². The molecule has 0 radical (unpaired) electrons. The Labute approximate surface area is 143 Å². The Morgan fingerprint density at radius 2 is 1.96 bits per heavy atom. The van der Waals surface area contributed by atoms with Crippen LogP contribution in [0.1, 0.15) is 44.9 Å². The Morgan fingerprint density at radius 3 is 2.70 bits per heavy atom. The fraction of sp³-hybridized carbons (Fsp3) is 0.632. The van der Waals surface area contributed by atoms with Crippen LogP contribution in [0.4, 0.5) is 0 Å². The second-order valence-corrected chi connectivity index (χ2v) is 8.17. The lowest BCUT2D eigenvalue weighted by molar-refractivity contribution is -0.136. The van der Waals surface area contributed by atoms with Crippen LogP contribution >= 0.6 is 11.8 Å². The summed E-state index contributed by atoms with van der Waals surface area (Å²) in [5, 5.41) is 10.6. The van der Waals surface area contributed by atoms with E-state index < -0.39 is 5.60 Å². The number of hydrogen-bond donors (Lipinski definition) is 1. The highest BCUT2D eigenvalue weighted by atomic mass is 32.2. The second-order valence-electron chi connectivity index (χ2n) is 7.08. The molecule has 2 fully saturated rings. The van der Waals surface area contributed by atoms with Gasteiger partial charge in [-0.15, -0.1) is 11.8 Å². The monoisotopic (exact) mass is 333 g/mol. The van der Waals surface area contributed by atoms with Crippen molar-refractivity contribution in [2.45, 2.75) is 55.4 Å². The molecule has 2 aliphatic rings. The first kappa shape index (κ1) is 16.8. The molecule has 1 heterocycles. The molecule has 1 atom stereocenters. The first-order chi connectivity index (χ1) is 11.1. The number of amides is 1. The number of benzene rings is 1. The summed E-state index contributed by atoms with van der Waals surface area (Å²) < 4.78 is 0. The van der Waals surface area contributed by atoms with Gasteiger partial charge in [-0.2, -0.15) is 0 Å². The van der Waals surface area contributed by atoms with Crippen LogP contribution in [0.3, 0.4) is 0 Å². The van der Waals surface area contributed by atoms with E-state index in [1.54, 1.807) is 0 Å². The Hall–Kier alpha value is -1.00. The van der Waals surface area contributed by atoms with Crippen molar-refractivity contribution in [2.75, 3.05) is 18.8 Å². The molecule has 0 aromatic heterocycles. The minimum Gasteiger partial charge on any atom is -0.389 e. The van der Waals surface area contributed by atoms with Gasteiger partial charge in [-0.25, -0.2) is 0 Å². The minimum absolute atomic E-state index is 0.154. The van der Waals surface area contributed by atoms with E-state index in [0.717, 1.165) is 50.9 Å². The normalized spacial score (nSPS) is 23.9. The lowest BCUT2D eigenvalue weighted by Crippen LogP contribution is -2.39. The maximum atomic E-state index is 12.5. The van der Waals surface area contributed by atoms with Crippen molar-refractivity contribution in [1.29, 1.82) is 0 Å². The molecule has 126 valence electrons. The summed E-state index contributed by atoms with van der Waals surface area (Å²) in [6.07, 6.45) is 6.30. The fourth-order valence-electron chi connectivity index (χ4n) is 3.71. The number of nitrogens with zero attached hydrogens (tertiary/aromatic N) is 1. The van der Waals surface area contributed by atoms with Gasteiger partial charge in [-0.3, -0.25) is 4.79 Å². The summed E-state index contributed by atoms with van der Waals surface area (Å²) in [5.74, 6) is 1.80. The predicted molar refractivity (Wildman–Crippen MR) is 94.5 cm³/mol. The van der Waals surface area contributed by atoms with Crippen LogP contribution in [0.25, 0.3) is 0 Å². The lowest BCUT2D eigenvalue weighted by atomic mass is 9.82. The largest absolute Gasteiger partial charge is 0.389 e. The summed E-state index contributed by atoms with van der Waals surface area (Å²) in [6, 6.07) is 10.5. The molecule has 1 aromatic carbocycles. The van der Waals surface area contributed by atoms with E-state index in [9.17, 15) is 9.90 Å². The van der Waals surface area contributed by atoms with Gasteiger partial charge in [0.25, 0.3) is 0 Å². The molecule has 23 heavy (non-hydrogen) atoms. The van der Waals surface area contributed by atoms with Crippen LogP contribution in [-0.2, 0) is 4.79 Å². The van der Waals surface area contributed by atoms with E-state index >= 15 is 0 Å². The Bertz CT molecular complexity index is 513. The van der Waals surface area contributed by atoms with Gasteiger partial charge in [0.1, 0.15) is 0 Å². The molecule has 1 unspecified atom stereocenters. The second kappa shape index (κ2) is 7.71. The van der Waals surface area contributed by atoms with Crippen molar-refractivity contribution in [2.24, 2.45) is 5.92 Å². The van der Waals surface area contributed by atoms with E-state index in [2.05, 4.69) is 24.3 Å². The van der Waals surface area contributed by atoms with Crippen molar-refractivity contribution >= 4 is 17.7 Å². The number of likely N-dealkylation sites (tertiary alicyclic amines) is 1. The van der Waals surface area contributed by atoms with E-state index in [4.69, 9.17) is 0 Å². The van der Waals surface area contributed by atoms with Crippen LogP contribution < -0.4 is 0 Å². The molecule has 0 bridgehead atoms. The first-order valence-corrected chi connectivity index (χ1v) is 9.81. The predicted octanol–water partition coefficient (Wildman–Crippen LogP) is 3.71. The number of thioether (sulfide) groups is 1. The van der Waals surface area contributed by atoms with Gasteiger partial charge in [0.15, 0.2) is 0 Å². The standard InChI is InChI=1S/C19H27NO2S/c21-18(13-19(22)10-5-2-6-11-19)20-12-9-16(14-20)15-23-17-7-3-1-4-8-17/h1,3-4,7-8,16,22H,2,5-6,9-15H2. The fourth-order valence-corrected chi connectivity index (χ4v) is 4.76. The molecular weight excluding hydrogens is 306 g/mol. The number of carbonyl (C=O) groups is 1. The molecule has 1 saturated carbocycles. The molecule has 1 N–H and O–H groups in total. The van der Waals surface area contributed by atoms with Crippen molar-refractivity contribution < 1.29 is 9.90 Å². The van der Waals surface area contributed by atoms with E-state index in [1.165, 1.54) is 11.3 Å². The zero-order valence-electron chi connectivity index (χ0n) is 13.7. The summed E-state index contributed by atoms with van der Waals surface area (Å²) in [6.45, 7) is 1.71. The summed E-state index contributed by atoms with van der Waals surface area (Å²) >= 11 is 1.88. The van der Waals surface area contributed by atoms with Crippen molar-refractivity contribution in [3.05, 3.63) is 30.3 Å². The van der Waals surface area contributed by atoms with Gasteiger partial charge in [-0.05, 0) is 37.3 Å². The third kappa shape index (κ3) is 4.74. The lowest BCUT2D eigenvalue weighted by Gasteiger charge is -2.32. The van der Waals surface area contributed by atoms with E-state index in [0.29, 0.717) is 12.3 Å². The molecular formula is C19H27NO2S. The zero-order valence-corrected chi connectivity index (χ0v) is 14.6. The minimum atomic E-state index is -0.730. The van der Waals surface area contributed by atoms with E-state index in [1.807, 2.05) is 22.7 Å². The van der Waals surface area contributed by atoms with Crippen molar-refractivity contribution in [3.8, 4) is 0 Å². The van der Waals surface area contributed by atoms with Crippen molar-refractivity contribution in [3.63, 3.8) is 0 Å². The molecule has 3 nitrogen and oxygen atoms in total. The molecule has 4 heteroatoms. The summed E-state index contributed by atoms with van der Waals surface area (Å²) in [7, 11) is 0. The third-order valence-corrected chi connectivity index (χ3v) is 6.38. The maximum absolute atomic E-state index is 12.5. The molecule has 3 rings (SSSR count). The zero-order chi connectivity index (χ0) is 16.1. The summed E-state index contributed by atoms with van der Waals surface area (Å²) in [4.78, 5) is 15.8. The average Bonchev–Trinajstić information content (AvgIpc) is 3.03. The van der Waals surface area contributed by atoms with Crippen molar-refractivity contribution in [1.82, 2.24) is 4.90 Å². The molecule has 1 aromatic rings. The van der Waals surface area contributed by atoms with Gasteiger partial charge in [0.2, 0.25) is 5.91 Å². The van der Waals surface area contributed by atoms with E-state index in [-0.39, 0.29) is 5.91 Å². The summed E-state index contributed by atoms with van der Waals surface area (Å²) in [5.41, 5.74) is -0.730. The number of carbonyl (C=O) groups excluding carboxylic acids is 1. The highest BCUT2D eigenvalue weighted by Gasteiger charge is 2.35. The van der Waals surface area contributed by atoms with Crippen LogP contribution in [0, 0.1) is 5.92 Å². The maximum Gasteiger partial charge on any atom is 0.225 e. The Morgan fingerprint density at radius 1 is 1.22 bits per heavy atom. The van der Waals surface area contributed by atoms with Gasteiger partial charge in [-0.1, -0.05) is 37.5 Å². The molecule has 1 amide bonds. The van der Waals surface area contributed by atoms with Gasteiger partial charge < -0.3 is 10.0 Å². The van der Waals surface area contributed by atoms with Crippen LogP contribution in [0.15, 0.2) is 35.2 Å².